The Morgan fingerprint density at radius 2 is 1.59 bits per heavy atom. The van der Waals surface area contributed by atoms with E-state index >= 15 is 0 Å². The molecule has 0 unspecified atom stereocenters. The molecule has 3 rings (SSSR count). The Morgan fingerprint density at radius 3 is 2.16 bits per heavy atom. The molecule has 0 aliphatic rings. The lowest BCUT2D eigenvalue weighted by Gasteiger charge is -2.27. The van der Waals surface area contributed by atoms with Gasteiger partial charge < -0.3 is 14.8 Å². The minimum absolute atomic E-state index is 0.0781. The molecule has 0 spiro atoms. The predicted octanol–water partition coefficient (Wildman–Crippen LogP) is 6.25. The first-order valence-corrected chi connectivity index (χ1v) is 12.2. The maximum atomic E-state index is 13.0. The van der Waals surface area contributed by atoms with Crippen LogP contribution in [0.4, 0.5) is 13.2 Å². The molecular formula is C29H33F3N2O3. The van der Waals surface area contributed by atoms with Gasteiger partial charge in [0.05, 0.1) is 18.8 Å². The SMILES string of the molecule is CNC(=O)[C@H](N[C@@H](CCc1ccc(C(F)(F)F)cc1)c1ccc(OC)c(OC(C)C)c1)c1ccccc1. The van der Waals surface area contributed by atoms with E-state index < -0.39 is 17.8 Å². The molecule has 2 N–H and O–H groups in total. The normalized spacial score (nSPS) is 13.2. The molecule has 0 saturated carbocycles. The molecule has 0 aliphatic heterocycles. The highest BCUT2D eigenvalue weighted by Gasteiger charge is 2.30. The molecule has 3 aromatic carbocycles. The summed E-state index contributed by atoms with van der Waals surface area (Å²) in [7, 11) is 3.15. The van der Waals surface area contributed by atoms with Crippen LogP contribution in [-0.2, 0) is 17.4 Å². The third-order valence-electron chi connectivity index (χ3n) is 5.97. The molecule has 2 atom stereocenters. The summed E-state index contributed by atoms with van der Waals surface area (Å²) in [6.07, 6.45) is -3.43. The van der Waals surface area contributed by atoms with E-state index in [2.05, 4.69) is 10.6 Å². The van der Waals surface area contributed by atoms with E-state index in [1.54, 1.807) is 14.2 Å². The van der Waals surface area contributed by atoms with E-state index in [0.29, 0.717) is 24.3 Å². The summed E-state index contributed by atoms with van der Waals surface area (Å²) < 4.78 is 50.4. The molecular weight excluding hydrogens is 481 g/mol. The van der Waals surface area contributed by atoms with Crippen molar-refractivity contribution in [1.82, 2.24) is 10.6 Å². The zero-order valence-corrected chi connectivity index (χ0v) is 21.4. The van der Waals surface area contributed by atoms with Crippen LogP contribution in [0.15, 0.2) is 72.8 Å². The Balaban J connectivity index is 1.94. The zero-order chi connectivity index (χ0) is 27.0. The molecule has 3 aromatic rings. The number of methoxy groups -OCH3 is 1. The monoisotopic (exact) mass is 514 g/mol. The number of alkyl halides is 3. The van der Waals surface area contributed by atoms with Crippen molar-refractivity contribution in [1.29, 1.82) is 0 Å². The summed E-state index contributed by atoms with van der Waals surface area (Å²) in [5.74, 6) is 0.968. The lowest BCUT2D eigenvalue weighted by molar-refractivity contribution is -0.137. The molecule has 0 aliphatic carbocycles. The van der Waals surface area contributed by atoms with Crippen LogP contribution in [0.25, 0.3) is 0 Å². The topological polar surface area (TPSA) is 59.6 Å². The molecule has 0 radical (unpaired) electrons. The van der Waals surface area contributed by atoms with Crippen LogP contribution >= 0.6 is 0 Å². The van der Waals surface area contributed by atoms with Crippen molar-refractivity contribution in [3.8, 4) is 11.5 Å². The quantitative estimate of drug-likeness (QED) is 0.318. The van der Waals surface area contributed by atoms with Gasteiger partial charge in [-0.25, -0.2) is 0 Å². The fraction of sp³-hybridized carbons (Fsp3) is 0.345. The minimum atomic E-state index is -4.38. The number of aryl methyl sites for hydroxylation is 1. The largest absolute Gasteiger partial charge is 0.493 e. The Labute approximate surface area is 216 Å². The first kappa shape index (κ1) is 28.1. The van der Waals surface area contributed by atoms with Crippen LogP contribution in [0.1, 0.15) is 54.6 Å². The minimum Gasteiger partial charge on any atom is -0.493 e. The molecule has 0 bridgehead atoms. The second-order valence-corrected chi connectivity index (χ2v) is 8.99. The molecule has 198 valence electrons. The van der Waals surface area contributed by atoms with Gasteiger partial charge in [0.2, 0.25) is 5.91 Å². The van der Waals surface area contributed by atoms with Crippen molar-refractivity contribution in [2.45, 2.75) is 51.1 Å². The number of amides is 1. The van der Waals surface area contributed by atoms with Crippen LogP contribution in [0.2, 0.25) is 0 Å². The molecule has 1 amide bonds. The highest BCUT2D eigenvalue weighted by atomic mass is 19.4. The van der Waals surface area contributed by atoms with Gasteiger partial charge in [0.1, 0.15) is 6.04 Å². The van der Waals surface area contributed by atoms with Gasteiger partial charge in [-0.3, -0.25) is 10.1 Å². The number of hydrogen-bond donors (Lipinski definition) is 2. The molecule has 0 fully saturated rings. The molecule has 8 heteroatoms. The van der Waals surface area contributed by atoms with E-state index in [0.717, 1.165) is 28.8 Å². The summed E-state index contributed by atoms with van der Waals surface area (Å²) >= 11 is 0. The number of carbonyl (C=O) groups excluding carboxylic acids is 1. The standard InChI is InChI=1S/C29H33F3N2O3/c1-19(2)37-26-18-22(13-17-25(26)36-4)24(16-12-20-10-14-23(15-11-20)29(30,31)32)34-27(28(35)33-3)21-8-6-5-7-9-21/h5-11,13-15,17-19,24,27,34H,12,16H2,1-4H3,(H,33,35)/t24-,27+/m0/s1. The first-order valence-electron chi connectivity index (χ1n) is 12.2. The van der Waals surface area contributed by atoms with Gasteiger partial charge in [-0.2, -0.15) is 13.2 Å². The van der Waals surface area contributed by atoms with Crippen molar-refractivity contribution < 1.29 is 27.4 Å². The van der Waals surface area contributed by atoms with Gasteiger partial charge in [0.15, 0.2) is 11.5 Å². The van der Waals surface area contributed by atoms with Crippen LogP contribution < -0.4 is 20.1 Å². The van der Waals surface area contributed by atoms with E-state index in [1.165, 1.54) is 12.1 Å². The number of benzene rings is 3. The second-order valence-electron chi connectivity index (χ2n) is 8.99. The van der Waals surface area contributed by atoms with Crippen LogP contribution in [0, 0.1) is 0 Å². The summed E-state index contributed by atoms with van der Waals surface area (Å²) in [4.78, 5) is 12.9. The number of nitrogens with one attached hydrogen (secondary N) is 2. The maximum absolute atomic E-state index is 13.0. The van der Waals surface area contributed by atoms with E-state index in [9.17, 15) is 18.0 Å². The Bertz CT molecular complexity index is 1150. The number of carbonyl (C=O) groups is 1. The van der Waals surface area contributed by atoms with Crippen LogP contribution in [0.3, 0.4) is 0 Å². The molecule has 37 heavy (non-hydrogen) atoms. The summed E-state index contributed by atoms with van der Waals surface area (Å²) in [5, 5.41) is 6.19. The van der Waals surface area contributed by atoms with Crippen molar-refractivity contribution in [2.75, 3.05) is 14.2 Å². The second kappa shape index (κ2) is 12.6. The summed E-state index contributed by atoms with van der Waals surface area (Å²) in [5.41, 5.74) is 1.75. The number of halogens is 3. The molecule has 0 saturated heterocycles. The van der Waals surface area contributed by atoms with Gasteiger partial charge in [-0.15, -0.1) is 0 Å². The first-order chi connectivity index (χ1) is 17.6. The highest BCUT2D eigenvalue weighted by Crippen LogP contribution is 2.34. The van der Waals surface area contributed by atoms with Gasteiger partial charge in [0, 0.05) is 13.1 Å². The van der Waals surface area contributed by atoms with Crippen molar-refractivity contribution in [3.63, 3.8) is 0 Å². The molecule has 0 aromatic heterocycles. The van der Waals surface area contributed by atoms with Gasteiger partial charge in [-0.1, -0.05) is 48.5 Å². The van der Waals surface area contributed by atoms with E-state index in [-0.39, 0.29) is 18.1 Å². The zero-order valence-electron chi connectivity index (χ0n) is 21.4. The molecule has 0 heterocycles. The number of hydrogen-bond acceptors (Lipinski definition) is 4. The predicted molar refractivity (Wildman–Crippen MR) is 138 cm³/mol. The Morgan fingerprint density at radius 1 is 0.919 bits per heavy atom. The fourth-order valence-electron chi connectivity index (χ4n) is 4.09. The Hall–Kier alpha value is -3.52. The van der Waals surface area contributed by atoms with Crippen molar-refractivity contribution in [2.24, 2.45) is 0 Å². The lowest BCUT2D eigenvalue weighted by Crippen LogP contribution is -2.38. The summed E-state index contributed by atoms with van der Waals surface area (Å²) in [6.45, 7) is 3.84. The van der Waals surface area contributed by atoms with Crippen LogP contribution in [0.5, 0.6) is 11.5 Å². The third kappa shape index (κ3) is 7.73. The van der Waals surface area contributed by atoms with Crippen molar-refractivity contribution in [3.05, 3.63) is 95.1 Å². The van der Waals surface area contributed by atoms with E-state index in [4.69, 9.17) is 9.47 Å². The number of likely N-dealkylation sites (N-methyl/N-ethyl adjacent to an activating group) is 1. The van der Waals surface area contributed by atoms with E-state index in [1.807, 2.05) is 62.4 Å². The summed E-state index contributed by atoms with van der Waals surface area (Å²) in [6, 6.07) is 19.2. The van der Waals surface area contributed by atoms with Crippen LogP contribution in [-0.4, -0.2) is 26.2 Å². The van der Waals surface area contributed by atoms with Gasteiger partial charge in [0.25, 0.3) is 0 Å². The lowest BCUT2D eigenvalue weighted by atomic mass is 9.95. The highest BCUT2D eigenvalue weighted by molar-refractivity contribution is 5.83. The average Bonchev–Trinajstić information content (AvgIpc) is 2.88. The number of ether oxygens (including phenoxy) is 2. The number of rotatable bonds is 11. The average molecular weight is 515 g/mol. The van der Waals surface area contributed by atoms with Crippen molar-refractivity contribution >= 4 is 5.91 Å². The van der Waals surface area contributed by atoms with Gasteiger partial charge in [-0.05, 0) is 67.6 Å². The molecule has 5 nitrogen and oxygen atoms in total. The third-order valence-corrected chi connectivity index (χ3v) is 5.97. The van der Waals surface area contributed by atoms with Gasteiger partial charge >= 0.3 is 6.18 Å². The maximum Gasteiger partial charge on any atom is 0.416 e. The smallest absolute Gasteiger partial charge is 0.416 e. The fourth-order valence-corrected chi connectivity index (χ4v) is 4.09. The Kier molecular flexibility index (Phi) is 9.58.